The van der Waals surface area contributed by atoms with E-state index in [-0.39, 0.29) is 11.8 Å². The van der Waals surface area contributed by atoms with E-state index in [1.54, 1.807) is 0 Å². The molecule has 2 fully saturated rings. The summed E-state index contributed by atoms with van der Waals surface area (Å²) in [5.41, 5.74) is 1.05. The second-order valence-corrected chi connectivity index (χ2v) is 8.03. The highest BCUT2D eigenvalue weighted by Gasteiger charge is 2.27. The van der Waals surface area contributed by atoms with Gasteiger partial charge in [0.2, 0.25) is 5.91 Å². The van der Waals surface area contributed by atoms with E-state index in [0.717, 1.165) is 69.2 Å². The first-order valence-corrected chi connectivity index (χ1v) is 10.7. The predicted molar refractivity (Wildman–Crippen MR) is 110 cm³/mol. The predicted octanol–water partition coefficient (Wildman–Crippen LogP) is 1.23. The van der Waals surface area contributed by atoms with Gasteiger partial charge in [-0.3, -0.25) is 9.59 Å². The van der Waals surface area contributed by atoms with Gasteiger partial charge in [0.15, 0.2) is 6.54 Å². The number of carbonyl (C=O) groups is 2. The van der Waals surface area contributed by atoms with Crippen LogP contribution in [0, 0.1) is 0 Å². The van der Waals surface area contributed by atoms with Crippen LogP contribution in [0.2, 0.25) is 0 Å². The fourth-order valence-electron chi connectivity index (χ4n) is 4.20. The third-order valence-corrected chi connectivity index (χ3v) is 5.99. The molecule has 1 N–H and O–H groups in total. The molecule has 0 bridgehead atoms. The number of benzene rings is 1. The van der Waals surface area contributed by atoms with Gasteiger partial charge in [0.1, 0.15) is 11.5 Å². The molecular formula is C23H30N3O3+. The number of nitrogens with zero attached hydrogens (tertiary/aromatic N) is 2. The number of nitrogens with one attached hydrogen (secondary N) is 1. The van der Waals surface area contributed by atoms with Crippen LogP contribution >= 0.6 is 0 Å². The molecule has 4 rings (SSSR count). The number of piperazine rings is 1. The molecule has 2 saturated heterocycles. The Hall–Kier alpha value is -2.60. The molecule has 0 spiro atoms. The van der Waals surface area contributed by atoms with Crippen molar-refractivity contribution in [3.63, 3.8) is 0 Å². The maximum Gasteiger partial charge on any atom is 0.277 e. The summed E-state index contributed by atoms with van der Waals surface area (Å²) in [6.45, 7) is 5.56. The van der Waals surface area contributed by atoms with Crippen LogP contribution in [0.3, 0.4) is 0 Å². The van der Waals surface area contributed by atoms with Crippen molar-refractivity contribution in [3.05, 3.63) is 48.2 Å². The summed E-state index contributed by atoms with van der Waals surface area (Å²) in [7, 11) is 0. The number of furan rings is 1. The summed E-state index contributed by atoms with van der Waals surface area (Å²) in [5, 5.41) is 0. The van der Waals surface area contributed by atoms with Gasteiger partial charge in [-0.25, -0.2) is 0 Å². The zero-order valence-corrected chi connectivity index (χ0v) is 16.9. The Bertz CT molecular complexity index is 819. The molecule has 0 aliphatic carbocycles. The first-order valence-electron chi connectivity index (χ1n) is 10.7. The van der Waals surface area contributed by atoms with E-state index in [1.165, 1.54) is 4.90 Å². The molecule has 6 nitrogen and oxygen atoms in total. The van der Waals surface area contributed by atoms with Crippen LogP contribution in [0.5, 0.6) is 0 Å². The van der Waals surface area contributed by atoms with Gasteiger partial charge < -0.3 is 19.1 Å². The molecule has 0 unspecified atom stereocenters. The van der Waals surface area contributed by atoms with Crippen LogP contribution < -0.4 is 4.90 Å². The number of quaternary nitrogens is 1. The van der Waals surface area contributed by atoms with E-state index in [2.05, 4.69) is 0 Å². The minimum absolute atomic E-state index is 0.174. The van der Waals surface area contributed by atoms with Crippen molar-refractivity contribution in [2.45, 2.75) is 25.7 Å². The lowest BCUT2D eigenvalue weighted by Crippen LogP contribution is -3.15. The Morgan fingerprint density at radius 2 is 1.55 bits per heavy atom. The average molecular weight is 397 g/mol. The highest BCUT2D eigenvalue weighted by molar-refractivity contribution is 5.77. The molecule has 1 aromatic heterocycles. The molecule has 154 valence electrons. The number of hydrogen-bond donors (Lipinski definition) is 1. The van der Waals surface area contributed by atoms with Gasteiger partial charge in [0, 0.05) is 31.5 Å². The largest absolute Gasteiger partial charge is 0.461 e. The molecule has 2 amide bonds. The third-order valence-electron chi connectivity index (χ3n) is 5.99. The summed E-state index contributed by atoms with van der Waals surface area (Å²) in [4.78, 5) is 30.1. The van der Waals surface area contributed by atoms with Gasteiger partial charge in [-0.05, 0) is 25.0 Å². The Labute approximate surface area is 172 Å². The zero-order chi connectivity index (χ0) is 20.1. The first-order chi connectivity index (χ1) is 14.2. The van der Waals surface area contributed by atoms with Crippen molar-refractivity contribution in [2.75, 3.05) is 45.8 Å². The topological polar surface area (TPSA) is 58.2 Å². The summed E-state index contributed by atoms with van der Waals surface area (Å²) in [6, 6.07) is 13.9. The van der Waals surface area contributed by atoms with E-state index >= 15 is 0 Å². The van der Waals surface area contributed by atoms with Crippen LogP contribution in [0.15, 0.2) is 46.9 Å². The van der Waals surface area contributed by atoms with Crippen molar-refractivity contribution >= 4 is 11.8 Å². The van der Waals surface area contributed by atoms with E-state index in [0.29, 0.717) is 19.4 Å². The Morgan fingerprint density at radius 3 is 2.28 bits per heavy atom. The van der Waals surface area contributed by atoms with Crippen LogP contribution in [0.25, 0.3) is 11.3 Å². The SMILES string of the molecule is O=C(CCc1ccc(-c2ccccc2)o1)N1CC[NH+](CC(=O)N2CCCC2)CC1. The van der Waals surface area contributed by atoms with Gasteiger partial charge in [-0.1, -0.05) is 30.3 Å². The van der Waals surface area contributed by atoms with Crippen LogP contribution in [-0.4, -0.2) is 67.4 Å². The number of rotatable bonds is 6. The lowest BCUT2D eigenvalue weighted by Gasteiger charge is -2.32. The second kappa shape index (κ2) is 9.27. The summed E-state index contributed by atoms with van der Waals surface area (Å²) < 4.78 is 5.90. The van der Waals surface area contributed by atoms with Crippen LogP contribution in [0.4, 0.5) is 0 Å². The second-order valence-electron chi connectivity index (χ2n) is 8.03. The molecule has 0 saturated carbocycles. The Morgan fingerprint density at radius 1 is 0.862 bits per heavy atom. The molecule has 1 aromatic carbocycles. The number of carbonyl (C=O) groups excluding carboxylic acids is 2. The molecule has 3 heterocycles. The number of amides is 2. The smallest absolute Gasteiger partial charge is 0.277 e. The van der Waals surface area contributed by atoms with E-state index in [1.807, 2.05) is 52.3 Å². The fourth-order valence-corrected chi connectivity index (χ4v) is 4.20. The fraction of sp³-hybridized carbons (Fsp3) is 0.478. The maximum absolute atomic E-state index is 12.6. The maximum atomic E-state index is 12.6. The van der Waals surface area contributed by atoms with Crippen molar-refractivity contribution in [1.29, 1.82) is 0 Å². The Kier molecular flexibility index (Phi) is 6.30. The lowest BCUT2D eigenvalue weighted by atomic mass is 10.2. The molecule has 0 atom stereocenters. The van der Waals surface area contributed by atoms with Gasteiger partial charge in [0.25, 0.3) is 5.91 Å². The molecule has 29 heavy (non-hydrogen) atoms. The van der Waals surface area contributed by atoms with Crippen LogP contribution in [0.1, 0.15) is 25.0 Å². The summed E-state index contributed by atoms with van der Waals surface area (Å²) in [6.07, 6.45) is 3.34. The standard InChI is InChI=1S/C23H29N3O3/c27-22(11-9-20-8-10-21(29-20)19-6-2-1-3-7-19)26-16-14-24(15-17-26)18-23(28)25-12-4-5-13-25/h1-3,6-8,10H,4-5,9,11-18H2/p+1. The van der Waals surface area contributed by atoms with Gasteiger partial charge in [-0.15, -0.1) is 0 Å². The highest BCUT2D eigenvalue weighted by Crippen LogP contribution is 2.22. The first kappa shape index (κ1) is 19.7. The normalized spacial score (nSPS) is 17.7. The zero-order valence-electron chi connectivity index (χ0n) is 16.9. The van der Waals surface area contributed by atoms with Gasteiger partial charge in [-0.2, -0.15) is 0 Å². The van der Waals surface area contributed by atoms with Crippen molar-refractivity contribution in [2.24, 2.45) is 0 Å². The minimum Gasteiger partial charge on any atom is -0.461 e. The summed E-state index contributed by atoms with van der Waals surface area (Å²) >= 11 is 0. The third kappa shape index (κ3) is 5.07. The Balaban J connectivity index is 1.20. The molecule has 2 aliphatic rings. The van der Waals surface area contributed by atoms with Gasteiger partial charge in [0.05, 0.1) is 26.2 Å². The highest BCUT2D eigenvalue weighted by atomic mass is 16.3. The molecule has 2 aromatic rings. The van der Waals surface area contributed by atoms with Crippen LogP contribution in [-0.2, 0) is 16.0 Å². The van der Waals surface area contributed by atoms with E-state index < -0.39 is 0 Å². The number of hydrogen-bond acceptors (Lipinski definition) is 3. The van der Waals surface area contributed by atoms with Crippen molar-refractivity contribution < 1.29 is 18.9 Å². The lowest BCUT2D eigenvalue weighted by molar-refractivity contribution is -0.896. The molecule has 0 radical (unpaired) electrons. The molecular weight excluding hydrogens is 366 g/mol. The van der Waals surface area contributed by atoms with Crippen molar-refractivity contribution in [1.82, 2.24) is 9.80 Å². The van der Waals surface area contributed by atoms with E-state index in [4.69, 9.17) is 4.42 Å². The van der Waals surface area contributed by atoms with E-state index in [9.17, 15) is 9.59 Å². The number of likely N-dealkylation sites (tertiary alicyclic amines) is 1. The average Bonchev–Trinajstić information content (AvgIpc) is 3.45. The molecule has 2 aliphatic heterocycles. The monoisotopic (exact) mass is 396 g/mol. The minimum atomic E-state index is 0.174. The van der Waals surface area contributed by atoms with Gasteiger partial charge >= 0.3 is 0 Å². The number of aryl methyl sites for hydroxylation is 1. The molecule has 6 heteroatoms. The summed E-state index contributed by atoms with van der Waals surface area (Å²) in [5.74, 6) is 2.13. The quantitative estimate of drug-likeness (QED) is 0.799. The van der Waals surface area contributed by atoms with Crippen molar-refractivity contribution in [3.8, 4) is 11.3 Å².